The molecule has 0 saturated carbocycles. The largest absolute Gasteiger partial charge is 0.497 e. The average molecular weight is 431 g/mol. The van der Waals surface area contributed by atoms with Crippen LogP contribution in [0, 0.1) is 0 Å². The number of thioether (sulfide) groups is 1. The summed E-state index contributed by atoms with van der Waals surface area (Å²) in [6.45, 7) is 1.34. The molecule has 4 rings (SSSR count). The molecule has 2 N–H and O–H groups in total. The van der Waals surface area contributed by atoms with E-state index in [2.05, 4.69) is 15.7 Å². The summed E-state index contributed by atoms with van der Waals surface area (Å²) in [5.41, 5.74) is 2.83. The van der Waals surface area contributed by atoms with E-state index in [0.717, 1.165) is 53.5 Å². The van der Waals surface area contributed by atoms with Crippen LogP contribution < -0.4 is 15.4 Å². The number of nitrogens with one attached hydrogen (secondary N) is 2. The number of rotatable bonds is 8. The Morgan fingerprint density at radius 3 is 2.83 bits per heavy atom. The fourth-order valence-electron chi connectivity index (χ4n) is 3.65. The number of nitrogens with zero attached hydrogens (tertiary/aromatic N) is 2. The number of fused-ring (bicyclic) bond motifs is 1. The highest BCUT2D eigenvalue weighted by Gasteiger charge is 2.25. The second-order valence-electron chi connectivity index (χ2n) is 7.44. The zero-order valence-electron chi connectivity index (χ0n) is 17.0. The molecular formula is C21H26N4O4S. The van der Waals surface area contributed by atoms with Crippen molar-refractivity contribution >= 4 is 29.4 Å². The zero-order valence-corrected chi connectivity index (χ0v) is 17.8. The number of hydrogen-bond acceptors (Lipinski definition) is 6. The molecule has 8 nitrogen and oxygen atoms in total. The number of anilines is 1. The van der Waals surface area contributed by atoms with E-state index >= 15 is 0 Å². The second kappa shape index (κ2) is 9.53. The molecule has 9 heteroatoms. The first-order valence-corrected chi connectivity index (χ1v) is 11.2. The van der Waals surface area contributed by atoms with Gasteiger partial charge in [0.05, 0.1) is 25.3 Å². The van der Waals surface area contributed by atoms with E-state index in [4.69, 9.17) is 9.47 Å². The average Bonchev–Trinajstić information content (AvgIpc) is 3.47. The van der Waals surface area contributed by atoms with Crippen LogP contribution in [0.15, 0.2) is 24.3 Å². The van der Waals surface area contributed by atoms with Crippen LogP contribution in [0.4, 0.5) is 5.82 Å². The zero-order chi connectivity index (χ0) is 20.9. The fourth-order valence-corrected chi connectivity index (χ4v) is 4.69. The third kappa shape index (κ3) is 4.96. The number of aromatic nitrogens is 2. The van der Waals surface area contributed by atoms with E-state index in [1.807, 2.05) is 24.3 Å². The molecule has 0 spiro atoms. The number of carbonyl (C=O) groups is 2. The van der Waals surface area contributed by atoms with Crippen molar-refractivity contribution < 1.29 is 19.1 Å². The molecule has 2 aliphatic rings. The van der Waals surface area contributed by atoms with E-state index in [-0.39, 0.29) is 30.9 Å². The molecular weight excluding hydrogens is 404 g/mol. The first-order chi connectivity index (χ1) is 14.6. The molecule has 0 bridgehead atoms. The van der Waals surface area contributed by atoms with Crippen molar-refractivity contribution in [2.45, 2.75) is 43.4 Å². The van der Waals surface area contributed by atoms with Gasteiger partial charge in [-0.15, -0.1) is 0 Å². The van der Waals surface area contributed by atoms with Gasteiger partial charge in [0.25, 0.3) is 0 Å². The molecule has 2 aliphatic heterocycles. The molecule has 0 aliphatic carbocycles. The molecule has 1 aromatic heterocycles. The van der Waals surface area contributed by atoms with Crippen molar-refractivity contribution in [1.29, 1.82) is 0 Å². The number of carbonyl (C=O) groups excluding carboxylic acids is 2. The lowest BCUT2D eigenvalue weighted by atomic mass is 10.1. The predicted molar refractivity (Wildman–Crippen MR) is 115 cm³/mol. The van der Waals surface area contributed by atoms with E-state index in [1.165, 1.54) is 0 Å². The summed E-state index contributed by atoms with van der Waals surface area (Å²) < 4.78 is 12.3. The normalized spacial score (nSPS) is 17.6. The van der Waals surface area contributed by atoms with Crippen molar-refractivity contribution in [3.8, 4) is 5.75 Å². The van der Waals surface area contributed by atoms with E-state index in [0.29, 0.717) is 12.4 Å². The lowest BCUT2D eigenvalue weighted by Crippen LogP contribution is -2.34. The number of ether oxygens (including phenoxy) is 2. The van der Waals surface area contributed by atoms with Gasteiger partial charge >= 0.3 is 0 Å². The van der Waals surface area contributed by atoms with Gasteiger partial charge in [0.2, 0.25) is 11.8 Å². The summed E-state index contributed by atoms with van der Waals surface area (Å²) in [7, 11) is 1.61. The minimum absolute atomic E-state index is 0.0720. The second-order valence-corrected chi connectivity index (χ2v) is 8.42. The Hall–Kier alpha value is -2.52. The van der Waals surface area contributed by atoms with E-state index in [1.54, 1.807) is 23.6 Å². The van der Waals surface area contributed by atoms with Crippen LogP contribution in [0.3, 0.4) is 0 Å². The van der Waals surface area contributed by atoms with Crippen molar-refractivity contribution in [2.75, 3.05) is 25.6 Å². The molecule has 0 radical (unpaired) electrons. The summed E-state index contributed by atoms with van der Waals surface area (Å²) in [6, 6.07) is 7.41. The van der Waals surface area contributed by atoms with E-state index in [9.17, 15) is 9.59 Å². The maximum absolute atomic E-state index is 12.7. The Labute approximate surface area is 179 Å². The lowest BCUT2D eigenvalue weighted by molar-refractivity contribution is -0.122. The molecule has 1 saturated heterocycles. The minimum atomic E-state index is -0.138. The van der Waals surface area contributed by atoms with Gasteiger partial charge in [-0.05, 0) is 30.5 Å². The van der Waals surface area contributed by atoms with Gasteiger partial charge in [-0.25, -0.2) is 4.68 Å². The van der Waals surface area contributed by atoms with Crippen LogP contribution in [-0.2, 0) is 38.8 Å². The first-order valence-electron chi connectivity index (χ1n) is 10.1. The predicted octanol–water partition coefficient (Wildman–Crippen LogP) is 2.11. The smallest absolute Gasteiger partial charge is 0.241 e. The van der Waals surface area contributed by atoms with Crippen LogP contribution in [-0.4, -0.2) is 48.0 Å². The molecule has 1 fully saturated rings. The molecule has 1 unspecified atom stereocenters. The molecule has 1 aromatic carbocycles. The standard InChI is InChI=1S/C21H26N4O4S/c1-28-15-6-4-14(5-7-15)9-19(26)23-21-17-12-30-13-18(17)24-25(21)11-20(27)22-10-16-3-2-8-29-16/h4-7,16H,2-3,8-13H2,1H3,(H,22,27)(H,23,26). The van der Waals surface area contributed by atoms with Crippen molar-refractivity contribution in [2.24, 2.45) is 0 Å². The molecule has 160 valence electrons. The summed E-state index contributed by atoms with van der Waals surface area (Å²) >= 11 is 1.76. The van der Waals surface area contributed by atoms with Gasteiger partial charge in [-0.3, -0.25) is 9.59 Å². The van der Waals surface area contributed by atoms with Crippen LogP contribution in [0.5, 0.6) is 5.75 Å². The fraction of sp³-hybridized carbons (Fsp3) is 0.476. The van der Waals surface area contributed by atoms with E-state index < -0.39 is 0 Å². The third-order valence-electron chi connectivity index (χ3n) is 5.24. The number of hydrogen-bond donors (Lipinski definition) is 2. The summed E-state index contributed by atoms with van der Waals surface area (Å²) in [6.07, 6.45) is 2.34. The topological polar surface area (TPSA) is 94.5 Å². The molecule has 3 heterocycles. The van der Waals surface area contributed by atoms with Gasteiger partial charge in [0.1, 0.15) is 18.1 Å². The number of benzene rings is 1. The lowest BCUT2D eigenvalue weighted by Gasteiger charge is -2.13. The van der Waals surface area contributed by atoms with Crippen molar-refractivity contribution in [1.82, 2.24) is 15.1 Å². The van der Waals surface area contributed by atoms with Gasteiger partial charge in [-0.2, -0.15) is 16.9 Å². The van der Waals surface area contributed by atoms with Crippen LogP contribution >= 0.6 is 11.8 Å². The molecule has 30 heavy (non-hydrogen) atoms. The molecule has 2 aromatic rings. The van der Waals surface area contributed by atoms with Crippen molar-refractivity contribution in [3.05, 3.63) is 41.1 Å². The van der Waals surface area contributed by atoms with Gasteiger partial charge < -0.3 is 20.1 Å². The van der Waals surface area contributed by atoms with Crippen LogP contribution in [0.25, 0.3) is 0 Å². The third-order valence-corrected chi connectivity index (χ3v) is 6.22. The maximum Gasteiger partial charge on any atom is 0.241 e. The molecule has 1 atom stereocenters. The quantitative estimate of drug-likeness (QED) is 0.666. The highest BCUT2D eigenvalue weighted by molar-refractivity contribution is 7.98. The molecule has 2 amide bonds. The SMILES string of the molecule is COc1ccc(CC(=O)Nc2c3c(nn2CC(=O)NCC2CCCO2)CSC3)cc1. The summed E-state index contributed by atoms with van der Waals surface area (Å²) in [5, 5.41) is 10.5. The Bertz CT molecular complexity index is 906. The Balaban J connectivity index is 1.40. The minimum Gasteiger partial charge on any atom is -0.497 e. The highest BCUT2D eigenvalue weighted by atomic mass is 32.2. The van der Waals surface area contributed by atoms with Crippen LogP contribution in [0.2, 0.25) is 0 Å². The van der Waals surface area contributed by atoms with Gasteiger partial charge in [-0.1, -0.05) is 12.1 Å². The number of methoxy groups -OCH3 is 1. The van der Waals surface area contributed by atoms with Gasteiger partial charge in [0, 0.05) is 30.2 Å². The Morgan fingerprint density at radius 2 is 2.10 bits per heavy atom. The number of amides is 2. The summed E-state index contributed by atoms with van der Waals surface area (Å²) in [4.78, 5) is 25.1. The first kappa shape index (κ1) is 20.7. The van der Waals surface area contributed by atoms with Gasteiger partial charge in [0.15, 0.2) is 0 Å². The van der Waals surface area contributed by atoms with Crippen LogP contribution in [0.1, 0.15) is 29.7 Å². The maximum atomic E-state index is 12.7. The summed E-state index contributed by atoms with van der Waals surface area (Å²) in [5.74, 6) is 2.68. The monoisotopic (exact) mass is 430 g/mol. The Morgan fingerprint density at radius 1 is 1.27 bits per heavy atom. The van der Waals surface area contributed by atoms with Crippen molar-refractivity contribution in [3.63, 3.8) is 0 Å². The highest BCUT2D eigenvalue weighted by Crippen LogP contribution is 2.34. The Kier molecular flexibility index (Phi) is 6.59.